The summed E-state index contributed by atoms with van der Waals surface area (Å²) in [5, 5.41) is 7.38. The second kappa shape index (κ2) is 12.1. The molecule has 5 nitrogen and oxygen atoms in total. The van der Waals surface area contributed by atoms with Gasteiger partial charge in [-0.2, -0.15) is 0 Å². The maximum atomic E-state index is 6.20. The molecule has 1 aromatic heterocycles. The summed E-state index contributed by atoms with van der Waals surface area (Å²) in [4.78, 5) is 11.3. The fraction of sp³-hybridized carbons (Fsp3) is 0.429. The van der Waals surface area contributed by atoms with Gasteiger partial charge in [-0.3, -0.25) is 4.99 Å². The standard InChI is InChI=1S/C21H28ClN5.HI/c1-23-21(26-16-18-8-4-5-9-19(18)22)25-15-17-10-11-20(24-14-17)27-12-6-2-3-7-13-27;/h4-5,8-11,14H,2-3,6-7,12-13,15-16H2,1H3,(H2,23,25,26);1H. The summed E-state index contributed by atoms with van der Waals surface area (Å²) < 4.78 is 0. The average molecular weight is 514 g/mol. The number of aromatic nitrogens is 1. The van der Waals surface area contributed by atoms with Gasteiger partial charge in [-0.25, -0.2) is 4.98 Å². The number of nitrogens with zero attached hydrogens (tertiary/aromatic N) is 3. The van der Waals surface area contributed by atoms with Crippen molar-refractivity contribution in [1.29, 1.82) is 0 Å². The van der Waals surface area contributed by atoms with Crippen molar-refractivity contribution in [2.75, 3.05) is 25.0 Å². The van der Waals surface area contributed by atoms with Crippen LogP contribution >= 0.6 is 35.6 Å². The molecule has 0 amide bonds. The fourth-order valence-corrected chi connectivity index (χ4v) is 3.44. The molecular weight excluding hydrogens is 485 g/mol. The Bertz CT molecular complexity index is 743. The van der Waals surface area contributed by atoms with Crippen LogP contribution < -0.4 is 15.5 Å². The van der Waals surface area contributed by atoms with E-state index in [9.17, 15) is 0 Å². The van der Waals surface area contributed by atoms with E-state index in [0.717, 1.165) is 41.0 Å². The van der Waals surface area contributed by atoms with Crippen molar-refractivity contribution in [1.82, 2.24) is 15.6 Å². The van der Waals surface area contributed by atoms with Crippen molar-refractivity contribution in [2.24, 2.45) is 4.99 Å². The van der Waals surface area contributed by atoms with Crippen LogP contribution in [0.2, 0.25) is 5.02 Å². The Hall–Kier alpha value is -1.54. The predicted molar refractivity (Wildman–Crippen MR) is 129 cm³/mol. The summed E-state index contributed by atoms with van der Waals surface area (Å²) in [5.41, 5.74) is 2.18. The molecule has 0 atom stereocenters. The van der Waals surface area contributed by atoms with E-state index in [0.29, 0.717) is 13.1 Å². The average Bonchev–Trinajstić information content (AvgIpc) is 2.99. The van der Waals surface area contributed by atoms with Crippen molar-refractivity contribution in [3.63, 3.8) is 0 Å². The van der Waals surface area contributed by atoms with Crippen LogP contribution in [0.1, 0.15) is 36.8 Å². The van der Waals surface area contributed by atoms with Gasteiger partial charge < -0.3 is 15.5 Å². The van der Waals surface area contributed by atoms with E-state index < -0.39 is 0 Å². The van der Waals surface area contributed by atoms with E-state index in [1.165, 1.54) is 25.7 Å². The highest BCUT2D eigenvalue weighted by molar-refractivity contribution is 14.0. The SMILES string of the molecule is CN=C(NCc1ccc(N2CCCCCC2)nc1)NCc1ccccc1Cl.I. The van der Waals surface area contributed by atoms with Gasteiger partial charge in [0, 0.05) is 44.4 Å². The molecule has 0 radical (unpaired) electrons. The van der Waals surface area contributed by atoms with Gasteiger partial charge in [0.05, 0.1) is 0 Å². The number of guanidine groups is 1. The van der Waals surface area contributed by atoms with Crippen molar-refractivity contribution in [2.45, 2.75) is 38.8 Å². The molecule has 1 fully saturated rings. The van der Waals surface area contributed by atoms with E-state index in [1.54, 1.807) is 7.05 Å². The summed E-state index contributed by atoms with van der Waals surface area (Å²) in [6, 6.07) is 12.1. The highest BCUT2D eigenvalue weighted by Crippen LogP contribution is 2.17. The lowest BCUT2D eigenvalue weighted by molar-refractivity contribution is 0.726. The number of hydrogen-bond donors (Lipinski definition) is 2. The maximum Gasteiger partial charge on any atom is 0.191 e. The van der Waals surface area contributed by atoms with Crippen LogP contribution in [0.4, 0.5) is 5.82 Å². The zero-order chi connectivity index (χ0) is 18.9. The minimum absolute atomic E-state index is 0. The largest absolute Gasteiger partial charge is 0.357 e. The molecule has 1 saturated heterocycles. The third kappa shape index (κ3) is 6.81. The number of pyridine rings is 1. The molecule has 28 heavy (non-hydrogen) atoms. The number of benzene rings is 1. The number of aliphatic imine (C=N–C) groups is 1. The summed E-state index contributed by atoms with van der Waals surface area (Å²) in [6.07, 6.45) is 7.14. The van der Waals surface area contributed by atoms with Crippen LogP contribution in [-0.4, -0.2) is 31.1 Å². The Labute approximate surface area is 190 Å². The smallest absolute Gasteiger partial charge is 0.191 e. The Morgan fingerprint density at radius 1 is 1.04 bits per heavy atom. The Morgan fingerprint density at radius 3 is 2.39 bits per heavy atom. The second-order valence-corrected chi connectivity index (χ2v) is 7.20. The zero-order valence-electron chi connectivity index (χ0n) is 16.3. The number of anilines is 1. The number of nitrogens with one attached hydrogen (secondary N) is 2. The summed E-state index contributed by atoms with van der Waals surface area (Å²) in [5.74, 6) is 1.83. The van der Waals surface area contributed by atoms with Crippen LogP contribution in [0.3, 0.4) is 0 Å². The predicted octanol–water partition coefficient (Wildman–Crippen LogP) is 4.60. The molecule has 152 valence electrons. The monoisotopic (exact) mass is 513 g/mol. The molecule has 0 aliphatic carbocycles. The third-order valence-electron chi connectivity index (χ3n) is 4.83. The van der Waals surface area contributed by atoms with Crippen LogP contribution in [0, 0.1) is 0 Å². The highest BCUT2D eigenvalue weighted by atomic mass is 127. The van der Waals surface area contributed by atoms with Gasteiger partial charge in [0.25, 0.3) is 0 Å². The molecule has 2 aromatic rings. The first-order valence-electron chi connectivity index (χ1n) is 9.64. The van der Waals surface area contributed by atoms with Gasteiger partial charge in [-0.1, -0.05) is 48.7 Å². The first-order valence-corrected chi connectivity index (χ1v) is 10.0. The van der Waals surface area contributed by atoms with Crippen molar-refractivity contribution < 1.29 is 0 Å². The quantitative estimate of drug-likeness (QED) is 0.349. The van der Waals surface area contributed by atoms with E-state index in [-0.39, 0.29) is 24.0 Å². The minimum atomic E-state index is 0. The molecule has 2 heterocycles. The summed E-state index contributed by atoms with van der Waals surface area (Å²) in [7, 11) is 1.77. The summed E-state index contributed by atoms with van der Waals surface area (Å²) in [6.45, 7) is 3.54. The lowest BCUT2D eigenvalue weighted by Gasteiger charge is -2.21. The van der Waals surface area contributed by atoms with E-state index >= 15 is 0 Å². The lowest BCUT2D eigenvalue weighted by atomic mass is 10.2. The van der Waals surface area contributed by atoms with Gasteiger partial charge in [-0.15, -0.1) is 24.0 Å². The maximum absolute atomic E-state index is 6.20. The Morgan fingerprint density at radius 2 is 1.75 bits per heavy atom. The molecule has 7 heteroatoms. The molecule has 3 rings (SSSR count). The first kappa shape index (κ1) is 22.7. The molecule has 1 aliphatic heterocycles. The zero-order valence-corrected chi connectivity index (χ0v) is 19.4. The molecular formula is C21H29ClIN5. The number of hydrogen-bond acceptors (Lipinski definition) is 3. The topological polar surface area (TPSA) is 52.6 Å². The van der Waals surface area contributed by atoms with Crippen molar-refractivity contribution in [3.05, 3.63) is 58.7 Å². The minimum Gasteiger partial charge on any atom is -0.357 e. The van der Waals surface area contributed by atoms with Crippen molar-refractivity contribution >= 4 is 47.4 Å². The number of halogens is 2. The van der Waals surface area contributed by atoms with E-state index in [2.05, 4.69) is 37.6 Å². The Balaban J connectivity index is 0.00000280. The normalized spacial score (nSPS) is 14.8. The fourth-order valence-electron chi connectivity index (χ4n) is 3.24. The Kier molecular flexibility index (Phi) is 9.84. The van der Waals surface area contributed by atoms with Crippen LogP contribution in [0.5, 0.6) is 0 Å². The van der Waals surface area contributed by atoms with Gasteiger partial charge in [0.2, 0.25) is 0 Å². The molecule has 2 N–H and O–H groups in total. The van der Waals surface area contributed by atoms with Gasteiger partial charge >= 0.3 is 0 Å². The third-order valence-corrected chi connectivity index (χ3v) is 5.20. The molecule has 1 aliphatic rings. The molecule has 1 aromatic carbocycles. The van der Waals surface area contributed by atoms with E-state index in [1.807, 2.05) is 30.5 Å². The summed E-state index contributed by atoms with van der Waals surface area (Å²) >= 11 is 6.20. The van der Waals surface area contributed by atoms with Crippen LogP contribution in [-0.2, 0) is 13.1 Å². The van der Waals surface area contributed by atoms with Gasteiger partial charge in [-0.05, 0) is 36.1 Å². The van der Waals surface area contributed by atoms with E-state index in [4.69, 9.17) is 11.6 Å². The molecule has 0 saturated carbocycles. The van der Waals surface area contributed by atoms with Gasteiger partial charge in [0.1, 0.15) is 5.82 Å². The van der Waals surface area contributed by atoms with Crippen molar-refractivity contribution in [3.8, 4) is 0 Å². The first-order chi connectivity index (χ1) is 13.3. The number of rotatable bonds is 5. The molecule has 0 unspecified atom stereocenters. The van der Waals surface area contributed by atoms with Crippen LogP contribution in [0.15, 0.2) is 47.6 Å². The molecule has 0 bridgehead atoms. The van der Waals surface area contributed by atoms with Gasteiger partial charge in [0.15, 0.2) is 5.96 Å². The van der Waals surface area contributed by atoms with Crippen LogP contribution in [0.25, 0.3) is 0 Å². The highest BCUT2D eigenvalue weighted by Gasteiger charge is 2.10. The molecule has 0 spiro atoms. The lowest BCUT2D eigenvalue weighted by Crippen LogP contribution is -2.36. The second-order valence-electron chi connectivity index (χ2n) is 6.80.